The summed E-state index contributed by atoms with van der Waals surface area (Å²) in [6.07, 6.45) is 6.16. The van der Waals surface area contributed by atoms with Crippen LogP contribution in [0.1, 0.15) is 49.4 Å². The van der Waals surface area contributed by atoms with Crippen LogP contribution in [0.2, 0.25) is 5.02 Å². The number of nitriles is 1. The fourth-order valence-electron chi connectivity index (χ4n) is 4.71. The van der Waals surface area contributed by atoms with E-state index in [2.05, 4.69) is 28.9 Å². The van der Waals surface area contributed by atoms with Crippen LogP contribution in [0.4, 0.5) is 0 Å². The SMILES string of the molecule is Cc1c(/C=C(\C#N)C(=O)N[C@@H]2CCCC[C@@H]2C)c2ccccc2n1Cc1ccccc1Cl. The van der Waals surface area contributed by atoms with Crippen molar-refractivity contribution in [1.29, 1.82) is 5.26 Å². The molecule has 0 radical (unpaired) electrons. The van der Waals surface area contributed by atoms with Gasteiger partial charge in [0.15, 0.2) is 0 Å². The van der Waals surface area contributed by atoms with Crippen LogP contribution in [0.3, 0.4) is 0 Å². The molecule has 1 aliphatic carbocycles. The second-order valence-electron chi connectivity index (χ2n) is 8.71. The summed E-state index contributed by atoms with van der Waals surface area (Å²) in [5.74, 6) is 0.153. The first-order valence-electron chi connectivity index (χ1n) is 11.2. The number of aromatic nitrogens is 1. The number of fused-ring (bicyclic) bond motifs is 1. The van der Waals surface area contributed by atoms with Gasteiger partial charge in [-0.15, -0.1) is 0 Å². The maximum atomic E-state index is 13.0. The second kappa shape index (κ2) is 9.63. The number of amides is 1. The van der Waals surface area contributed by atoms with E-state index in [1.807, 2.05) is 49.4 Å². The number of benzene rings is 2. The largest absolute Gasteiger partial charge is 0.348 e. The zero-order valence-electron chi connectivity index (χ0n) is 18.6. The Kier molecular flexibility index (Phi) is 6.67. The zero-order valence-corrected chi connectivity index (χ0v) is 19.3. The van der Waals surface area contributed by atoms with E-state index in [-0.39, 0.29) is 17.5 Å². The van der Waals surface area contributed by atoms with E-state index in [0.29, 0.717) is 12.5 Å². The Hall–Kier alpha value is -3.03. The third kappa shape index (κ3) is 4.45. The second-order valence-corrected chi connectivity index (χ2v) is 9.11. The van der Waals surface area contributed by atoms with E-state index in [9.17, 15) is 10.1 Å². The summed E-state index contributed by atoms with van der Waals surface area (Å²) in [6.45, 7) is 4.82. The van der Waals surface area contributed by atoms with Crippen LogP contribution in [0.5, 0.6) is 0 Å². The number of carbonyl (C=O) groups is 1. The Morgan fingerprint density at radius 1 is 1.19 bits per heavy atom. The van der Waals surface area contributed by atoms with Crippen LogP contribution in [0, 0.1) is 24.2 Å². The standard InChI is InChI=1S/C27H28ClN3O/c1-18-9-3-7-13-25(18)30-27(32)21(16-29)15-23-19(2)31(26-14-8-5-11-22(23)26)17-20-10-4-6-12-24(20)28/h4-6,8,10-12,14-15,18,25H,3,7,9,13,17H2,1-2H3,(H,30,32)/b21-15+/t18-,25+/m0/s1. The molecular formula is C27H28ClN3O. The Balaban J connectivity index is 1.71. The monoisotopic (exact) mass is 445 g/mol. The molecule has 1 heterocycles. The van der Waals surface area contributed by atoms with Gasteiger partial charge in [0.1, 0.15) is 11.6 Å². The molecule has 0 saturated heterocycles. The normalized spacial score (nSPS) is 19.0. The molecule has 1 fully saturated rings. The van der Waals surface area contributed by atoms with Crippen LogP contribution in [-0.4, -0.2) is 16.5 Å². The minimum absolute atomic E-state index is 0.135. The fourth-order valence-corrected chi connectivity index (χ4v) is 4.91. The molecule has 164 valence electrons. The topological polar surface area (TPSA) is 57.8 Å². The third-order valence-electron chi connectivity index (χ3n) is 6.65. The molecular weight excluding hydrogens is 418 g/mol. The molecule has 1 amide bonds. The van der Waals surface area contributed by atoms with Crippen molar-refractivity contribution in [2.75, 3.05) is 0 Å². The van der Waals surface area contributed by atoms with Gasteiger partial charge >= 0.3 is 0 Å². The average Bonchev–Trinajstić information content (AvgIpc) is 3.06. The number of hydrogen-bond acceptors (Lipinski definition) is 2. The van der Waals surface area contributed by atoms with Gasteiger partial charge in [-0.2, -0.15) is 5.26 Å². The highest BCUT2D eigenvalue weighted by molar-refractivity contribution is 6.31. The predicted molar refractivity (Wildman–Crippen MR) is 130 cm³/mol. The van der Waals surface area contributed by atoms with Crippen molar-refractivity contribution in [1.82, 2.24) is 9.88 Å². The molecule has 1 N–H and O–H groups in total. The van der Waals surface area contributed by atoms with Gasteiger partial charge in [0.25, 0.3) is 5.91 Å². The van der Waals surface area contributed by atoms with Gasteiger partial charge in [-0.25, -0.2) is 0 Å². The summed E-state index contributed by atoms with van der Waals surface area (Å²) < 4.78 is 2.19. The quantitative estimate of drug-likeness (QED) is 0.372. The number of rotatable bonds is 5. The highest BCUT2D eigenvalue weighted by Crippen LogP contribution is 2.30. The van der Waals surface area contributed by atoms with Gasteiger partial charge in [0.05, 0.1) is 0 Å². The number of nitrogens with zero attached hydrogens (tertiary/aromatic N) is 2. The van der Waals surface area contributed by atoms with E-state index >= 15 is 0 Å². The summed E-state index contributed by atoms with van der Waals surface area (Å²) in [5.41, 5.74) is 4.12. The van der Waals surface area contributed by atoms with Crippen molar-refractivity contribution in [3.63, 3.8) is 0 Å². The van der Waals surface area contributed by atoms with Crippen LogP contribution in [0.15, 0.2) is 54.1 Å². The molecule has 32 heavy (non-hydrogen) atoms. The van der Waals surface area contributed by atoms with Crippen LogP contribution < -0.4 is 5.32 Å². The van der Waals surface area contributed by atoms with E-state index in [1.54, 1.807) is 6.08 Å². The van der Waals surface area contributed by atoms with Crippen molar-refractivity contribution in [2.45, 2.75) is 52.1 Å². The van der Waals surface area contributed by atoms with Gasteiger partial charge in [-0.1, -0.05) is 67.8 Å². The van der Waals surface area contributed by atoms with E-state index in [1.165, 1.54) is 6.42 Å². The molecule has 4 rings (SSSR count). The lowest BCUT2D eigenvalue weighted by Gasteiger charge is -2.29. The number of para-hydroxylation sites is 1. The molecule has 4 nitrogen and oxygen atoms in total. The molecule has 0 spiro atoms. The maximum Gasteiger partial charge on any atom is 0.262 e. The van der Waals surface area contributed by atoms with E-state index in [0.717, 1.165) is 52.0 Å². The first-order valence-corrected chi connectivity index (χ1v) is 11.6. The fraction of sp³-hybridized carbons (Fsp3) is 0.333. The lowest BCUT2D eigenvalue weighted by Crippen LogP contribution is -2.41. The molecule has 0 unspecified atom stereocenters. The Bertz CT molecular complexity index is 1220. The van der Waals surface area contributed by atoms with Gasteiger partial charge in [0.2, 0.25) is 0 Å². The third-order valence-corrected chi connectivity index (χ3v) is 7.02. The van der Waals surface area contributed by atoms with Crippen molar-refractivity contribution in [3.05, 3.63) is 75.9 Å². The predicted octanol–water partition coefficient (Wildman–Crippen LogP) is 6.25. The van der Waals surface area contributed by atoms with Crippen LogP contribution in [0.25, 0.3) is 17.0 Å². The smallest absolute Gasteiger partial charge is 0.262 e. The zero-order chi connectivity index (χ0) is 22.7. The molecule has 2 aromatic carbocycles. The summed E-state index contributed by atoms with van der Waals surface area (Å²) in [7, 11) is 0. The summed E-state index contributed by atoms with van der Waals surface area (Å²) in [4.78, 5) is 13.0. The lowest BCUT2D eigenvalue weighted by molar-refractivity contribution is -0.118. The first-order chi connectivity index (χ1) is 15.5. The molecule has 5 heteroatoms. The van der Waals surface area contributed by atoms with Crippen LogP contribution >= 0.6 is 11.6 Å². The summed E-state index contributed by atoms with van der Waals surface area (Å²) in [5, 5.41) is 14.6. The van der Waals surface area contributed by atoms with Crippen molar-refractivity contribution < 1.29 is 4.79 Å². The Morgan fingerprint density at radius 3 is 2.66 bits per heavy atom. The number of carbonyl (C=O) groups excluding carboxylic acids is 1. The minimum Gasteiger partial charge on any atom is -0.348 e. The Labute approximate surface area is 194 Å². The van der Waals surface area contributed by atoms with E-state index < -0.39 is 0 Å². The summed E-state index contributed by atoms with van der Waals surface area (Å²) >= 11 is 6.42. The summed E-state index contributed by atoms with van der Waals surface area (Å²) in [6, 6.07) is 18.2. The van der Waals surface area contributed by atoms with Crippen LogP contribution in [-0.2, 0) is 11.3 Å². The van der Waals surface area contributed by atoms with Crippen molar-refractivity contribution in [3.8, 4) is 6.07 Å². The number of nitrogens with one attached hydrogen (secondary N) is 1. The first kappa shape index (κ1) is 22.2. The molecule has 0 aliphatic heterocycles. The molecule has 3 aromatic rings. The number of halogens is 1. The molecule has 2 atom stereocenters. The average molecular weight is 446 g/mol. The molecule has 0 bridgehead atoms. The maximum absolute atomic E-state index is 13.0. The van der Waals surface area contributed by atoms with Crippen molar-refractivity contribution >= 4 is 34.5 Å². The van der Waals surface area contributed by atoms with Gasteiger partial charge < -0.3 is 9.88 Å². The van der Waals surface area contributed by atoms with Gasteiger partial charge in [-0.3, -0.25) is 4.79 Å². The Morgan fingerprint density at radius 2 is 1.91 bits per heavy atom. The van der Waals surface area contributed by atoms with E-state index in [4.69, 9.17) is 11.6 Å². The molecule has 1 saturated carbocycles. The number of hydrogen-bond donors (Lipinski definition) is 1. The highest BCUT2D eigenvalue weighted by Gasteiger charge is 2.24. The van der Waals surface area contributed by atoms with Gasteiger partial charge in [0, 0.05) is 39.8 Å². The molecule has 1 aromatic heterocycles. The van der Waals surface area contributed by atoms with Crippen molar-refractivity contribution in [2.24, 2.45) is 5.92 Å². The lowest BCUT2D eigenvalue weighted by atomic mass is 9.86. The molecule has 1 aliphatic rings. The van der Waals surface area contributed by atoms with Gasteiger partial charge in [-0.05, 0) is 49.5 Å². The minimum atomic E-state index is -0.284. The highest BCUT2D eigenvalue weighted by atomic mass is 35.5.